The molecule has 4 nitrogen and oxygen atoms in total. The van der Waals surface area contributed by atoms with Crippen molar-refractivity contribution in [2.24, 2.45) is 0 Å². The molecular weight excluding hydrogens is 216 g/mol. The third kappa shape index (κ3) is 3.28. The van der Waals surface area contributed by atoms with Gasteiger partial charge in [0.1, 0.15) is 0 Å². The zero-order chi connectivity index (χ0) is 12.1. The topological polar surface area (TPSA) is 61.4 Å². The lowest BCUT2D eigenvalue weighted by Gasteiger charge is -2.24. The number of carbonyl (C=O) groups is 1. The van der Waals surface area contributed by atoms with Crippen molar-refractivity contribution >= 4 is 5.91 Å². The first-order chi connectivity index (χ1) is 8.27. The molecule has 1 heterocycles. The number of piperidine rings is 1. The standard InChI is InChI=1S/C13H18N2O2/c16-12(10-4-2-1-3-5-10)13(17)15-11-6-8-14-9-7-11/h1-5,11-12,14,16H,6-9H2,(H,15,17)/t12-/m1/s1. The molecule has 0 aromatic heterocycles. The van der Waals surface area contributed by atoms with Gasteiger partial charge in [0, 0.05) is 6.04 Å². The molecule has 0 saturated carbocycles. The van der Waals surface area contributed by atoms with E-state index < -0.39 is 6.10 Å². The van der Waals surface area contributed by atoms with Gasteiger partial charge < -0.3 is 15.7 Å². The molecule has 0 radical (unpaired) electrons. The van der Waals surface area contributed by atoms with Crippen molar-refractivity contribution in [1.82, 2.24) is 10.6 Å². The summed E-state index contributed by atoms with van der Waals surface area (Å²) in [6, 6.07) is 9.19. The normalized spacial score (nSPS) is 18.6. The Morgan fingerprint density at radius 3 is 2.59 bits per heavy atom. The summed E-state index contributed by atoms with van der Waals surface area (Å²) in [4.78, 5) is 11.8. The Hall–Kier alpha value is -1.39. The van der Waals surface area contributed by atoms with Crippen LogP contribution in [0.1, 0.15) is 24.5 Å². The number of aliphatic hydroxyl groups excluding tert-OH is 1. The van der Waals surface area contributed by atoms with Crippen LogP contribution >= 0.6 is 0 Å². The molecule has 0 aliphatic carbocycles. The smallest absolute Gasteiger partial charge is 0.253 e. The Bertz CT molecular complexity index is 361. The molecule has 1 saturated heterocycles. The predicted octanol–water partition coefficient (Wildman–Crippen LogP) is 0.588. The molecule has 0 spiro atoms. The van der Waals surface area contributed by atoms with Crippen molar-refractivity contribution < 1.29 is 9.90 Å². The van der Waals surface area contributed by atoms with Gasteiger partial charge in [0.2, 0.25) is 0 Å². The predicted molar refractivity (Wildman–Crippen MR) is 65.4 cm³/mol. The van der Waals surface area contributed by atoms with E-state index in [1.165, 1.54) is 0 Å². The van der Waals surface area contributed by atoms with Crippen LogP contribution in [0.4, 0.5) is 0 Å². The van der Waals surface area contributed by atoms with Crippen LogP contribution in [0.5, 0.6) is 0 Å². The molecule has 1 aliphatic heterocycles. The SMILES string of the molecule is O=C(NC1CCNCC1)[C@H](O)c1ccccc1. The Balaban J connectivity index is 1.91. The number of benzene rings is 1. The van der Waals surface area contributed by atoms with Gasteiger partial charge in [-0.05, 0) is 31.5 Å². The van der Waals surface area contributed by atoms with Crippen LogP contribution in [0.25, 0.3) is 0 Å². The Morgan fingerprint density at radius 2 is 1.94 bits per heavy atom. The molecule has 4 heteroatoms. The molecule has 92 valence electrons. The van der Waals surface area contributed by atoms with Crippen LogP contribution in [-0.4, -0.2) is 30.1 Å². The van der Waals surface area contributed by atoms with Crippen molar-refractivity contribution in [1.29, 1.82) is 0 Å². The fourth-order valence-electron chi connectivity index (χ4n) is 2.03. The summed E-state index contributed by atoms with van der Waals surface area (Å²) in [6.45, 7) is 1.85. The summed E-state index contributed by atoms with van der Waals surface area (Å²) in [5, 5.41) is 16.0. The number of nitrogens with one attached hydrogen (secondary N) is 2. The second-order valence-corrected chi connectivity index (χ2v) is 4.35. The lowest BCUT2D eigenvalue weighted by Crippen LogP contribution is -2.44. The molecular formula is C13H18N2O2. The van der Waals surface area contributed by atoms with Gasteiger partial charge in [0.25, 0.3) is 5.91 Å². The maximum absolute atomic E-state index is 11.8. The fourth-order valence-corrected chi connectivity index (χ4v) is 2.03. The van der Waals surface area contributed by atoms with E-state index in [4.69, 9.17) is 0 Å². The highest BCUT2D eigenvalue weighted by Crippen LogP contribution is 2.13. The molecule has 1 aromatic rings. The molecule has 17 heavy (non-hydrogen) atoms. The molecule has 1 fully saturated rings. The maximum Gasteiger partial charge on any atom is 0.253 e. The first-order valence-electron chi connectivity index (χ1n) is 6.01. The minimum atomic E-state index is -1.06. The highest BCUT2D eigenvalue weighted by atomic mass is 16.3. The van der Waals surface area contributed by atoms with Crippen molar-refractivity contribution in [2.45, 2.75) is 25.0 Å². The van der Waals surface area contributed by atoms with Crippen LogP contribution < -0.4 is 10.6 Å². The van der Waals surface area contributed by atoms with E-state index in [1.54, 1.807) is 12.1 Å². The van der Waals surface area contributed by atoms with E-state index in [2.05, 4.69) is 10.6 Å². The van der Waals surface area contributed by atoms with E-state index >= 15 is 0 Å². The minimum Gasteiger partial charge on any atom is -0.378 e. The molecule has 1 atom stereocenters. The third-order valence-electron chi connectivity index (χ3n) is 3.05. The number of carbonyl (C=O) groups excluding carboxylic acids is 1. The summed E-state index contributed by atoms with van der Waals surface area (Å²) in [5.41, 5.74) is 0.638. The van der Waals surface area contributed by atoms with Gasteiger partial charge in [-0.3, -0.25) is 4.79 Å². The molecule has 3 N–H and O–H groups in total. The summed E-state index contributed by atoms with van der Waals surface area (Å²) < 4.78 is 0. The van der Waals surface area contributed by atoms with Crippen molar-refractivity contribution in [2.75, 3.05) is 13.1 Å². The molecule has 1 aliphatic rings. The van der Waals surface area contributed by atoms with Gasteiger partial charge in [0.05, 0.1) is 0 Å². The summed E-state index contributed by atoms with van der Waals surface area (Å²) in [6.07, 6.45) is 0.784. The average molecular weight is 234 g/mol. The van der Waals surface area contributed by atoms with Gasteiger partial charge in [0.15, 0.2) is 6.10 Å². The Morgan fingerprint density at radius 1 is 1.29 bits per heavy atom. The lowest BCUT2D eigenvalue weighted by atomic mass is 10.0. The molecule has 0 unspecified atom stereocenters. The number of amides is 1. The summed E-state index contributed by atoms with van der Waals surface area (Å²) in [7, 11) is 0. The fraction of sp³-hybridized carbons (Fsp3) is 0.462. The van der Waals surface area contributed by atoms with E-state index in [1.807, 2.05) is 18.2 Å². The van der Waals surface area contributed by atoms with Gasteiger partial charge in [-0.25, -0.2) is 0 Å². The largest absolute Gasteiger partial charge is 0.378 e. The molecule has 0 bridgehead atoms. The van der Waals surface area contributed by atoms with E-state index in [9.17, 15) is 9.90 Å². The van der Waals surface area contributed by atoms with Gasteiger partial charge in [-0.2, -0.15) is 0 Å². The number of rotatable bonds is 3. The van der Waals surface area contributed by atoms with Crippen LogP contribution in [0.2, 0.25) is 0 Å². The van der Waals surface area contributed by atoms with Gasteiger partial charge in [-0.15, -0.1) is 0 Å². The third-order valence-corrected chi connectivity index (χ3v) is 3.05. The minimum absolute atomic E-state index is 0.183. The molecule has 1 amide bonds. The van der Waals surface area contributed by atoms with E-state index in [-0.39, 0.29) is 11.9 Å². The summed E-state index contributed by atoms with van der Waals surface area (Å²) >= 11 is 0. The van der Waals surface area contributed by atoms with Crippen molar-refractivity contribution in [3.8, 4) is 0 Å². The number of aliphatic hydroxyl groups is 1. The maximum atomic E-state index is 11.8. The van der Waals surface area contributed by atoms with Crippen molar-refractivity contribution in [3.63, 3.8) is 0 Å². The van der Waals surface area contributed by atoms with Crippen molar-refractivity contribution in [3.05, 3.63) is 35.9 Å². The number of hydrogen-bond acceptors (Lipinski definition) is 3. The Labute approximate surface area is 101 Å². The van der Waals surface area contributed by atoms with Crippen LogP contribution in [0, 0.1) is 0 Å². The van der Waals surface area contributed by atoms with Crippen LogP contribution in [0.15, 0.2) is 30.3 Å². The van der Waals surface area contributed by atoms with E-state index in [0.717, 1.165) is 25.9 Å². The zero-order valence-corrected chi connectivity index (χ0v) is 9.73. The quantitative estimate of drug-likeness (QED) is 0.717. The lowest BCUT2D eigenvalue weighted by molar-refractivity contribution is -0.130. The number of hydrogen-bond donors (Lipinski definition) is 3. The Kier molecular flexibility index (Phi) is 4.12. The van der Waals surface area contributed by atoms with Gasteiger partial charge >= 0.3 is 0 Å². The zero-order valence-electron chi connectivity index (χ0n) is 9.73. The summed E-state index contributed by atoms with van der Waals surface area (Å²) in [5.74, 6) is -0.303. The second kappa shape index (κ2) is 5.80. The highest BCUT2D eigenvalue weighted by molar-refractivity contribution is 5.82. The molecule has 1 aromatic carbocycles. The monoisotopic (exact) mass is 234 g/mol. The molecule has 2 rings (SSSR count). The highest BCUT2D eigenvalue weighted by Gasteiger charge is 2.21. The average Bonchev–Trinajstić information content (AvgIpc) is 2.40. The van der Waals surface area contributed by atoms with Gasteiger partial charge in [-0.1, -0.05) is 30.3 Å². The van der Waals surface area contributed by atoms with E-state index in [0.29, 0.717) is 5.56 Å². The van der Waals surface area contributed by atoms with Crippen LogP contribution in [-0.2, 0) is 4.79 Å². The first-order valence-corrected chi connectivity index (χ1v) is 6.01. The second-order valence-electron chi connectivity index (χ2n) is 4.35. The first kappa shape index (κ1) is 12.1. The van der Waals surface area contributed by atoms with Crippen LogP contribution in [0.3, 0.4) is 0 Å².